The highest BCUT2D eigenvalue weighted by atomic mass is 16.4. The van der Waals surface area contributed by atoms with Gasteiger partial charge < -0.3 is 10.8 Å². The molecule has 0 radical (unpaired) electrons. The molecule has 0 aromatic carbocycles. The van der Waals surface area contributed by atoms with Crippen molar-refractivity contribution in [2.75, 3.05) is 5.73 Å². The standard InChI is InChI=1S/C6H9N3O2/c1-2-3-4(6(10)11)8-9-5(3)7/h2H2,1H3,(H,10,11)(H3,7,8,9). The molecular weight excluding hydrogens is 146 g/mol. The number of aromatic nitrogens is 2. The van der Waals surface area contributed by atoms with Crippen LogP contribution in [-0.2, 0) is 6.42 Å². The fourth-order valence-electron chi connectivity index (χ4n) is 0.914. The summed E-state index contributed by atoms with van der Waals surface area (Å²) < 4.78 is 0. The smallest absolute Gasteiger partial charge is 0.354 e. The van der Waals surface area contributed by atoms with Gasteiger partial charge in [0.25, 0.3) is 0 Å². The monoisotopic (exact) mass is 155 g/mol. The zero-order valence-electron chi connectivity index (χ0n) is 6.09. The topological polar surface area (TPSA) is 92.0 Å². The maximum Gasteiger partial charge on any atom is 0.354 e. The number of nitrogen functional groups attached to an aromatic ring is 1. The minimum absolute atomic E-state index is 0.0880. The largest absolute Gasteiger partial charge is 0.477 e. The summed E-state index contributed by atoms with van der Waals surface area (Å²) in [7, 11) is 0. The molecule has 1 aromatic heterocycles. The number of aromatic carboxylic acids is 1. The number of rotatable bonds is 2. The molecule has 1 rings (SSSR count). The van der Waals surface area contributed by atoms with Gasteiger partial charge in [-0.05, 0) is 6.42 Å². The van der Waals surface area contributed by atoms with E-state index in [4.69, 9.17) is 10.8 Å². The van der Waals surface area contributed by atoms with Crippen molar-refractivity contribution in [2.45, 2.75) is 13.3 Å². The van der Waals surface area contributed by atoms with E-state index in [-0.39, 0.29) is 11.5 Å². The second-order valence-electron chi connectivity index (χ2n) is 2.12. The van der Waals surface area contributed by atoms with E-state index in [9.17, 15) is 4.79 Å². The quantitative estimate of drug-likeness (QED) is 0.570. The molecule has 0 fully saturated rings. The number of nitrogens with zero attached hydrogens (tertiary/aromatic N) is 1. The lowest BCUT2D eigenvalue weighted by Gasteiger charge is -1.93. The Balaban J connectivity index is 3.15. The van der Waals surface area contributed by atoms with Crippen LogP contribution in [0.1, 0.15) is 23.0 Å². The molecule has 1 heterocycles. The van der Waals surface area contributed by atoms with Crippen LogP contribution in [0.4, 0.5) is 5.82 Å². The highest BCUT2D eigenvalue weighted by molar-refractivity contribution is 5.88. The number of hydrogen-bond donors (Lipinski definition) is 3. The van der Waals surface area contributed by atoms with Gasteiger partial charge in [0.05, 0.1) is 0 Å². The number of carbonyl (C=O) groups is 1. The number of anilines is 1. The molecule has 0 aliphatic rings. The summed E-state index contributed by atoms with van der Waals surface area (Å²) in [6, 6.07) is 0. The second-order valence-corrected chi connectivity index (χ2v) is 2.12. The average Bonchev–Trinajstić information content (AvgIpc) is 2.30. The molecule has 0 aliphatic heterocycles. The van der Waals surface area contributed by atoms with E-state index < -0.39 is 5.97 Å². The Labute approximate surface area is 63.2 Å². The maximum absolute atomic E-state index is 10.5. The van der Waals surface area contributed by atoms with Crippen molar-refractivity contribution in [1.29, 1.82) is 0 Å². The molecule has 11 heavy (non-hydrogen) atoms. The fraction of sp³-hybridized carbons (Fsp3) is 0.333. The normalized spacial score (nSPS) is 9.91. The van der Waals surface area contributed by atoms with Crippen LogP contribution in [0.2, 0.25) is 0 Å². The second kappa shape index (κ2) is 2.61. The number of carboxylic acid groups (broad SMARTS) is 1. The van der Waals surface area contributed by atoms with Gasteiger partial charge in [0.1, 0.15) is 11.5 Å². The van der Waals surface area contributed by atoms with E-state index >= 15 is 0 Å². The van der Waals surface area contributed by atoms with Gasteiger partial charge in [-0.25, -0.2) is 4.79 Å². The molecule has 0 aliphatic carbocycles. The van der Waals surface area contributed by atoms with Crippen molar-refractivity contribution >= 4 is 11.8 Å². The molecular formula is C6H9N3O2. The zero-order chi connectivity index (χ0) is 8.43. The molecule has 4 N–H and O–H groups in total. The van der Waals surface area contributed by atoms with Crippen LogP contribution in [0.15, 0.2) is 0 Å². The predicted octanol–water partition coefficient (Wildman–Crippen LogP) is 0.252. The first-order valence-corrected chi connectivity index (χ1v) is 3.22. The molecule has 1 aromatic rings. The first-order valence-electron chi connectivity index (χ1n) is 3.22. The van der Waals surface area contributed by atoms with Gasteiger partial charge in [0, 0.05) is 5.56 Å². The van der Waals surface area contributed by atoms with E-state index in [1.165, 1.54) is 0 Å². The molecule has 60 valence electrons. The van der Waals surface area contributed by atoms with Crippen LogP contribution < -0.4 is 5.73 Å². The lowest BCUT2D eigenvalue weighted by atomic mass is 10.2. The first kappa shape index (κ1) is 7.59. The molecule has 5 heteroatoms. The van der Waals surface area contributed by atoms with E-state index in [0.29, 0.717) is 12.0 Å². The van der Waals surface area contributed by atoms with Gasteiger partial charge >= 0.3 is 5.97 Å². The molecule has 0 bridgehead atoms. The third kappa shape index (κ3) is 1.17. The SMILES string of the molecule is CCc1c(N)n[nH]c1C(=O)O. The van der Waals surface area contributed by atoms with Crippen LogP contribution in [0.25, 0.3) is 0 Å². The van der Waals surface area contributed by atoms with Crippen LogP contribution in [0.3, 0.4) is 0 Å². The molecule has 0 unspecified atom stereocenters. The van der Waals surface area contributed by atoms with Crippen LogP contribution in [0, 0.1) is 0 Å². The average molecular weight is 155 g/mol. The number of H-pyrrole nitrogens is 1. The predicted molar refractivity (Wildman–Crippen MR) is 39.3 cm³/mol. The Bertz CT molecular complexity index is 279. The number of aromatic amines is 1. The van der Waals surface area contributed by atoms with Crippen molar-refractivity contribution in [3.05, 3.63) is 11.3 Å². The Morgan fingerprint density at radius 3 is 2.82 bits per heavy atom. The summed E-state index contributed by atoms with van der Waals surface area (Å²) in [4.78, 5) is 10.5. The molecule has 0 saturated carbocycles. The Morgan fingerprint density at radius 2 is 2.45 bits per heavy atom. The third-order valence-electron chi connectivity index (χ3n) is 1.47. The van der Waals surface area contributed by atoms with Crippen LogP contribution in [0.5, 0.6) is 0 Å². The molecule has 0 amide bonds. The van der Waals surface area contributed by atoms with Gasteiger partial charge in [0.2, 0.25) is 0 Å². The Hall–Kier alpha value is -1.52. The lowest BCUT2D eigenvalue weighted by Crippen LogP contribution is -2.01. The Kier molecular flexibility index (Phi) is 1.80. The highest BCUT2D eigenvalue weighted by Crippen LogP contribution is 2.13. The summed E-state index contributed by atoms with van der Waals surface area (Å²) in [5, 5.41) is 14.5. The summed E-state index contributed by atoms with van der Waals surface area (Å²) >= 11 is 0. The zero-order valence-corrected chi connectivity index (χ0v) is 6.09. The minimum Gasteiger partial charge on any atom is -0.477 e. The van der Waals surface area contributed by atoms with Crippen molar-refractivity contribution in [1.82, 2.24) is 10.2 Å². The molecule has 0 saturated heterocycles. The van der Waals surface area contributed by atoms with Crippen molar-refractivity contribution in [3.63, 3.8) is 0 Å². The van der Waals surface area contributed by atoms with E-state index in [1.807, 2.05) is 6.92 Å². The van der Waals surface area contributed by atoms with Crippen LogP contribution in [-0.4, -0.2) is 21.3 Å². The van der Waals surface area contributed by atoms with Gasteiger partial charge in [0.15, 0.2) is 0 Å². The van der Waals surface area contributed by atoms with Gasteiger partial charge in [-0.1, -0.05) is 6.92 Å². The van der Waals surface area contributed by atoms with Crippen molar-refractivity contribution in [3.8, 4) is 0 Å². The van der Waals surface area contributed by atoms with E-state index in [2.05, 4.69) is 10.2 Å². The molecule has 5 nitrogen and oxygen atoms in total. The fourth-order valence-corrected chi connectivity index (χ4v) is 0.914. The summed E-state index contributed by atoms with van der Waals surface area (Å²) in [6.07, 6.45) is 0.573. The van der Waals surface area contributed by atoms with Gasteiger partial charge in [-0.2, -0.15) is 5.10 Å². The highest BCUT2D eigenvalue weighted by Gasteiger charge is 2.14. The molecule has 0 spiro atoms. The lowest BCUT2D eigenvalue weighted by molar-refractivity contribution is 0.0689. The summed E-state index contributed by atoms with van der Waals surface area (Å²) in [5.41, 5.74) is 6.04. The van der Waals surface area contributed by atoms with Crippen LogP contribution >= 0.6 is 0 Å². The van der Waals surface area contributed by atoms with Crippen molar-refractivity contribution < 1.29 is 9.90 Å². The number of hydrogen-bond acceptors (Lipinski definition) is 3. The minimum atomic E-state index is -1.02. The first-order chi connectivity index (χ1) is 5.16. The summed E-state index contributed by atoms with van der Waals surface area (Å²) in [5.74, 6) is -0.754. The van der Waals surface area contributed by atoms with E-state index in [1.54, 1.807) is 0 Å². The molecule has 0 atom stereocenters. The van der Waals surface area contributed by atoms with Crippen molar-refractivity contribution in [2.24, 2.45) is 0 Å². The third-order valence-corrected chi connectivity index (χ3v) is 1.47. The Morgan fingerprint density at radius 1 is 1.82 bits per heavy atom. The van der Waals surface area contributed by atoms with Gasteiger partial charge in [-0.3, -0.25) is 5.10 Å². The number of nitrogens with one attached hydrogen (secondary N) is 1. The van der Waals surface area contributed by atoms with Gasteiger partial charge in [-0.15, -0.1) is 0 Å². The maximum atomic E-state index is 10.5. The summed E-state index contributed by atoms with van der Waals surface area (Å²) in [6.45, 7) is 1.83. The number of carboxylic acids is 1. The van der Waals surface area contributed by atoms with E-state index in [0.717, 1.165) is 0 Å². The number of nitrogens with two attached hydrogens (primary N) is 1.